The molecule has 9 heavy (non-hydrogen) atoms. The van der Waals surface area contributed by atoms with Crippen LogP contribution in [0.15, 0.2) is 0 Å². The Kier molecular flexibility index (Phi) is 8.66. The van der Waals surface area contributed by atoms with Crippen molar-refractivity contribution in [3.63, 3.8) is 0 Å². The number of hydrogen-bond donors (Lipinski definition) is 2. The van der Waals surface area contributed by atoms with Crippen molar-refractivity contribution in [1.82, 2.24) is 0 Å². The molecule has 0 aromatic heterocycles. The first kappa shape index (κ1) is 11.0. The van der Waals surface area contributed by atoms with Crippen molar-refractivity contribution >= 4 is 12.2 Å². The molecule has 0 atom stereocenters. The fraction of sp³-hybridized carbons (Fsp3) is 0.600. The van der Waals surface area contributed by atoms with Crippen molar-refractivity contribution < 1.29 is 15.0 Å². The third kappa shape index (κ3) is 153. The smallest absolute Gasteiger partial charge is 0.346 e. The normalized spacial score (nSPS) is 7.56. The number of carboxylic acid groups (broad SMARTS) is 1. The standard InChI is InChI=1S/C3H7O.C2H3NO2/c1-3(2)4;3-1-2(4)5/h3H,1-2H3;1,3H,(H,4,5). The Bertz CT molecular complexity index is 87.4. The zero-order valence-electron chi connectivity index (χ0n) is 5.42. The van der Waals surface area contributed by atoms with Gasteiger partial charge in [0.2, 0.25) is 0 Å². The molecule has 0 aliphatic rings. The summed E-state index contributed by atoms with van der Waals surface area (Å²) in [6, 6.07) is 0. The molecule has 4 heteroatoms. The average Bonchev–Trinajstić information content (AvgIpc) is 1.65. The zero-order chi connectivity index (χ0) is 7.86. The summed E-state index contributed by atoms with van der Waals surface area (Å²) >= 11 is 0. The maximum Gasteiger partial charge on any atom is 0.346 e. The molecule has 0 saturated heterocycles. The maximum absolute atomic E-state index is 9.53. The van der Waals surface area contributed by atoms with Crippen molar-refractivity contribution in [1.29, 1.82) is 5.41 Å². The van der Waals surface area contributed by atoms with Crippen LogP contribution in [-0.4, -0.2) is 23.4 Å². The zero-order valence-corrected chi connectivity index (χ0v) is 5.42. The molecule has 0 aromatic carbocycles. The van der Waals surface area contributed by atoms with Crippen molar-refractivity contribution in [2.24, 2.45) is 0 Å². The molecule has 0 rings (SSSR count). The van der Waals surface area contributed by atoms with E-state index in [2.05, 4.69) is 0 Å². The summed E-state index contributed by atoms with van der Waals surface area (Å²) in [6.07, 6.45) is -0.0833. The predicted octanol–water partition coefficient (Wildman–Crippen LogP) is 0.546. The lowest BCUT2D eigenvalue weighted by atomic mass is 10.5. The molecule has 0 heterocycles. The number of rotatable bonds is 1. The first-order valence-electron chi connectivity index (χ1n) is 2.40. The van der Waals surface area contributed by atoms with Crippen LogP contribution < -0.4 is 0 Å². The number of carboxylic acids is 1. The second kappa shape index (κ2) is 7.10. The molecular weight excluding hydrogens is 122 g/mol. The second-order valence-electron chi connectivity index (χ2n) is 1.53. The third-order valence-electron chi connectivity index (χ3n) is 0.123. The molecule has 53 valence electrons. The van der Waals surface area contributed by atoms with E-state index in [9.17, 15) is 5.11 Å². The van der Waals surface area contributed by atoms with Crippen LogP contribution in [-0.2, 0) is 9.90 Å². The van der Waals surface area contributed by atoms with E-state index in [-0.39, 0.29) is 0 Å². The molecule has 0 unspecified atom stereocenters. The molecule has 0 bridgehead atoms. The molecule has 0 aromatic rings. The van der Waals surface area contributed by atoms with Crippen LogP contribution in [0.3, 0.4) is 0 Å². The highest BCUT2D eigenvalue weighted by Crippen LogP contribution is 1.67. The highest BCUT2D eigenvalue weighted by atomic mass is 16.4. The maximum atomic E-state index is 9.53. The summed E-state index contributed by atoms with van der Waals surface area (Å²) in [6.45, 7) is 3.22. The Labute approximate surface area is 53.6 Å². The minimum Gasteiger partial charge on any atom is -0.477 e. The van der Waals surface area contributed by atoms with Gasteiger partial charge in [-0.3, -0.25) is 0 Å². The molecule has 0 aliphatic carbocycles. The van der Waals surface area contributed by atoms with Gasteiger partial charge in [0.1, 0.15) is 6.21 Å². The van der Waals surface area contributed by atoms with Crippen LogP contribution >= 0.6 is 0 Å². The summed E-state index contributed by atoms with van der Waals surface area (Å²) in [5.74, 6) is -1.20. The summed E-state index contributed by atoms with van der Waals surface area (Å²) in [5, 5.41) is 22.9. The van der Waals surface area contributed by atoms with E-state index in [4.69, 9.17) is 15.3 Å². The molecule has 0 saturated carbocycles. The van der Waals surface area contributed by atoms with Gasteiger partial charge in [0.15, 0.2) is 0 Å². The number of carbonyl (C=O) groups is 1. The van der Waals surface area contributed by atoms with Gasteiger partial charge >= 0.3 is 5.97 Å². The molecule has 0 spiro atoms. The van der Waals surface area contributed by atoms with Gasteiger partial charge in [0.25, 0.3) is 0 Å². The quantitative estimate of drug-likeness (QED) is 0.510. The lowest BCUT2D eigenvalue weighted by Gasteiger charge is -1.74. The van der Waals surface area contributed by atoms with Crippen LogP contribution in [0.25, 0.3) is 0 Å². The van der Waals surface area contributed by atoms with Gasteiger partial charge < -0.3 is 10.5 Å². The lowest BCUT2D eigenvalue weighted by Crippen LogP contribution is -1.91. The Morgan fingerprint density at radius 1 is 1.67 bits per heavy atom. The van der Waals surface area contributed by atoms with Gasteiger partial charge in [-0.1, -0.05) is 0 Å². The first-order valence-corrected chi connectivity index (χ1v) is 2.40. The molecule has 4 nitrogen and oxygen atoms in total. The average molecular weight is 132 g/mol. The predicted molar refractivity (Wildman–Crippen MR) is 32.2 cm³/mol. The highest BCUT2D eigenvalue weighted by molar-refractivity contribution is 6.20. The Morgan fingerprint density at radius 3 is 1.78 bits per heavy atom. The largest absolute Gasteiger partial charge is 0.477 e. The van der Waals surface area contributed by atoms with Gasteiger partial charge in [-0.25, -0.2) is 9.90 Å². The monoisotopic (exact) mass is 132 g/mol. The van der Waals surface area contributed by atoms with Gasteiger partial charge in [-0.2, -0.15) is 0 Å². The van der Waals surface area contributed by atoms with E-state index in [1.807, 2.05) is 0 Å². The Hall–Kier alpha value is -0.900. The van der Waals surface area contributed by atoms with Crippen molar-refractivity contribution in [2.75, 3.05) is 0 Å². The van der Waals surface area contributed by atoms with Crippen LogP contribution in [0, 0.1) is 5.41 Å². The van der Waals surface area contributed by atoms with Crippen molar-refractivity contribution in [3.8, 4) is 0 Å². The van der Waals surface area contributed by atoms with Gasteiger partial charge in [0.05, 0.1) is 6.10 Å². The second-order valence-corrected chi connectivity index (χ2v) is 1.53. The van der Waals surface area contributed by atoms with Crippen molar-refractivity contribution in [3.05, 3.63) is 0 Å². The summed E-state index contributed by atoms with van der Waals surface area (Å²) in [5.41, 5.74) is 0. The first-order chi connectivity index (χ1) is 4.00. The summed E-state index contributed by atoms with van der Waals surface area (Å²) in [7, 11) is 0. The Morgan fingerprint density at radius 2 is 1.78 bits per heavy atom. The molecule has 0 amide bonds. The van der Waals surface area contributed by atoms with Gasteiger partial charge in [-0.15, -0.1) is 0 Å². The van der Waals surface area contributed by atoms with Crippen LogP contribution in [0.1, 0.15) is 13.8 Å². The minimum absolute atomic E-state index is 0.333. The Balaban J connectivity index is 0. The summed E-state index contributed by atoms with van der Waals surface area (Å²) < 4.78 is 0. The SMILES string of the molecule is CC(C)[O].N=CC(=O)O. The number of hydrogen-bond acceptors (Lipinski definition) is 2. The fourth-order valence-corrected chi connectivity index (χ4v) is 0. The highest BCUT2D eigenvalue weighted by Gasteiger charge is 1.76. The summed E-state index contributed by atoms with van der Waals surface area (Å²) in [4.78, 5) is 9.12. The van der Waals surface area contributed by atoms with Crippen LogP contribution in [0.2, 0.25) is 0 Å². The topological polar surface area (TPSA) is 81.0 Å². The molecule has 0 fully saturated rings. The van der Waals surface area contributed by atoms with Crippen molar-refractivity contribution in [2.45, 2.75) is 20.0 Å². The van der Waals surface area contributed by atoms with Crippen LogP contribution in [0.5, 0.6) is 0 Å². The minimum atomic E-state index is -1.20. The van der Waals surface area contributed by atoms with E-state index in [1.54, 1.807) is 13.8 Å². The molecule has 0 aliphatic heterocycles. The fourth-order valence-electron chi connectivity index (χ4n) is 0. The third-order valence-corrected chi connectivity index (χ3v) is 0.123. The van der Waals surface area contributed by atoms with Gasteiger partial charge in [0, 0.05) is 0 Å². The van der Waals surface area contributed by atoms with E-state index < -0.39 is 12.1 Å². The van der Waals surface area contributed by atoms with Gasteiger partial charge in [-0.05, 0) is 13.8 Å². The molecule has 1 radical (unpaired) electrons. The van der Waals surface area contributed by atoms with Crippen LogP contribution in [0.4, 0.5) is 0 Å². The number of aliphatic carboxylic acids is 1. The number of nitrogens with one attached hydrogen (secondary N) is 1. The molecule has 2 N–H and O–H groups in total. The van der Waals surface area contributed by atoms with E-state index >= 15 is 0 Å². The molecular formula is C5H10NO3. The van der Waals surface area contributed by atoms with E-state index in [0.29, 0.717) is 6.21 Å². The van der Waals surface area contributed by atoms with E-state index in [0.717, 1.165) is 0 Å². The van der Waals surface area contributed by atoms with E-state index in [1.165, 1.54) is 0 Å². The lowest BCUT2D eigenvalue weighted by molar-refractivity contribution is -0.128.